The highest BCUT2D eigenvalue weighted by Gasteiger charge is 2.21. The zero-order valence-corrected chi connectivity index (χ0v) is 12.3. The number of nitrogens with one attached hydrogen (secondary N) is 1. The molecule has 3 rings (SSSR count). The van der Waals surface area contributed by atoms with E-state index in [1.54, 1.807) is 0 Å². The smallest absolute Gasteiger partial charge is 0.0271 e. The largest absolute Gasteiger partial charge is 0.313 e. The molecule has 0 saturated carbocycles. The molecule has 3 heterocycles. The van der Waals surface area contributed by atoms with Crippen molar-refractivity contribution in [3.8, 4) is 0 Å². The monoisotopic (exact) mass is 274 g/mol. The molecule has 2 aliphatic heterocycles. The standard InChI is InChI=1S/C16H26N4/c1-2-6-18-16(3-1)14-20-11-9-19(10-12-20)13-15-4-7-17-8-5-15/h4-5,7-8,16,18H,1-3,6,9-14H2/t16-/m1/s1. The van der Waals surface area contributed by atoms with Crippen molar-refractivity contribution >= 4 is 0 Å². The van der Waals surface area contributed by atoms with Crippen LogP contribution in [-0.2, 0) is 6.54 Å². The van der Waals surface area contributed by atoms with Crippen molar-refractivity contribution in [1.29, 1.82) is 0 Å². The fourth-order valence-corrected chi connectivity index (χ4v) is 3.27. The Hall–Kier alpha value is -0.970. The quantitative estimate of drug-likeness (QED) is 0.898. The van der Waals surface area contributed by atoms with Crippen LogP contribution in [0, 0.1) is 0 Å². The summed E-state index contributed by atoms with van der Waals surface area (Å²) < 4.78 is 0. The molecule has 1 aromatic rings. The highest BCUT2D eigenvalue weighted by atomic mass is 15.3. The molecule has 0 amide bonds. The van der Waals surface area contributed by atoms with Crippen LogP contribution in [0.15, 0.2) is 24.5 Å². The second kappa shape index (κ2) is 7.16. The van der Waals surface area contributed by atoms with Crippen LogP contribution in [0.5, 0.6) is 0 Å². The minimum atomic E-state index is 0.732. The molecule has 1 aromatic heterocycles. The zero-order chi connectivity index (χ0) is 13.6. The summed E-state index contributed by atoms with van der Waals surface area (Å²) in [6.45, 7) is 8.32. The van der Waals surface area contributed by atoms with Crippen LogP contribution in [0.25, 0.3) is 0 Å². The minimum Gasteiger partial charge on any atom is -0.313 e. The van der Waals surface area contributed by atoms with E-state index in [1.165, 1.54) is 64.1 Å². The summed E-state index contributed by atoms with van der Waals surface area (Å²) in [4.78, 5) is 9.27. The van der Waals surface area contributed by atoms with E-state index in [9.17, 15) is 0 Å². The van der Waals surface area contributed by atoms with E-state index in [-0.39, 0.29) is 0 Å². The van der Waals surface area contributed by atoms with Gasteiger partial charge >= 0.3 is 0 Å². The molecule has 2 fully saturated rings. The molecule has 110 valence electrons. The van der Waals surface area contributed by atoms with Crippen molar-refractivity contribution in [2.75, 3.05) is 39.3 Å². The second-order valence-electron chi connectivity index (χ2n) is 6.08. The number of nitrogens with zero attached hydrogens (tertiary/aromatic N) is 3. The van der Waals surface area contributed by atoms with Crippen LogP contribution >= 0.6 is 0 Å². The lowest BCUT2D eigenvalue weighted by molar-refractivity contribution is 0.114. The van der Waals surface area contributed by atoms with Gasteiger partial charge in [-0.1, -0.05) is 6.42 Å². The third kappa shape index (κ3) is 4.01. The summed E-state index contributed by atoms with van der Waals surface area (Å²) in [6, 6.07) is 4.98. The summed E-state index contributed by atoms with van der Waals surface area (Å²) in [5, 5.41) is 3.66. The van der Waals surface area contributed by atoms with Crippen molar-refractivity contribution in [2.24, 2.45) is 0 Å². The van der Waals surface area contributed by atoms with Gasteiger partial charge in [-0.25, -0.2) is 0 Å². The third-order valence-corrected chi connectivity index (χ3v) is 4.51. The van der Waals surface area contributed by atoms with Gasteiger partial charge in [-0.3, -0.25) is 14.8 Å². The van der Waals surface area contributed by atoms with Crippen molar-refractivity contribution < 1.29 is 0 Å². The molecule has 0 radical (unpaired) electrons. The average Bonchev–Trinajstić information content (AvgIpc) is 2.51. The molecule has 2 saturated heterocycles. The number of aromatic nitrogens is 1. The molecule has 1 N–H and O–H groups in total. The van der Waals surface area contributed by atoms with Gasteiger partial charge in [0.15, 0.2) is 0 Å². The highest BCUT2D eigenvalue weighted by molar-refractivity contribution is 5.09. The van der Waals surface area contributed by atoms with E-state index >= 15 is 0 Å². The number of hydrogen-bond donors (Lipinski definition) is 1. The molecule has 2 aliphatic rings. The molecule has 20 heavy (non-hydrogen) atoms. The molecule has 4 heteroatoms. The van der Waals surface area contributed by atoms with E-state index in [4.69, 9.17) is 0 Å². The predicted octanol–water partition coefficient (Wildman–Crippen LogP) is 1.34. The number of hydrogen-bond acceptors (Lipinski definition) is 4. The molecule has 0 aromatic carbocycles. The van der Waals surface area contributed by atoms with Gasteiger partial charge in [0, 0.05) is 57.7 Å². The number of pyridine rings is 1. The van der Waals surface area contributed by atoms with E-state index in [1.807, 2.05) is 12.4 Å². The first-order valence-electron chi connectivity index (χ1n) is 7.97. The topological polar surface area (TPSA) is 31.4 Å². The Morgan fingerprint density at radius 1 is 1.05 bits per heavy atom. The Bertz CT molecular complexity index is 381. The van der Waals surface area contributed by atoms with Crippen molar-refractivity contribution in [3.05, 3.63) is 30.1 Å². The first kappa shape index (κ1) is 14.0. The Labute approximate surface area is 122 Å². The fourth-order valence-electron chi connectivity index (χ4n) is 3.27. The normalized spacial score (nSPS) is 25.7. The summed E-state index contributed by atoms with van der Waals surface area (Å²) >= 11 is 0. The molecular formula is C16H26N4. The van der Waals surface area contributed by atoms with Gasteiger partial charge in [0.2, 0.25) is 0 Å². The van der Waals surface area contributed by atoms with Gasteiger partial charge in [-0.15, -0.1) is 0 Å². The van der Waals surface area contributed by atoms with Crippen LogP contribution < -0.4 is 5.32 Å². The van der Waals surface area contributed by atoms with Gasteiger partial charge in [-0.2, -0.15) is 0 Å². The van der Waals surface area contributed by atoms with Crippen LogP contribution in [0.4, 0.5) is 0 Å². The van der Waals surface area contributed by atoms with E-state index < -0.39 is 0 Å². The number of piperidine rings is 1. The van der Waals surface area contributed by atoms with E-state index in [0.29, 0.717) is 0 Å². The molecular weight excluding hydrogens is 248 g/mol. The van der Waals surface area contributed by atoms with Gasteiger partial charge in [0.05, 0.1) is 0 Å². The minimum absolute atomic E-state index is 0.732. The van der Waals surface area contributed by atoms with Crippen LogP contribution in [-0.4, -0.2) is 60.1 Å². The van der Waals surface area contributed by atoms with Crippen molar-refractivity contribution in [2.45, 2.75) is 31.8 Å². The number of rotatable bonds is 4. The van der Waals surface area contributed by atoms with Crippen LogP contribution in [0.1, 0.15) is 24.8 Å². The van der Waals surface area contributed by atoms with Gasteiger partial charge < -0.3 is 5.32 Å². The Morgan fingerprint density at radius 2 is 1.80 bits per heavy atom. The van der Waals surface area contributed by atoms with Crippen LogP contribution in [0.3, 0.4) is 0 Å². The zero-order valence-electron chi connectivity index (χ0n) is 12.3. The second-order valence-corrected chi connectivity index (χ2v) is 6.08. The van der Waals surface area contributed by atoms with Crippen LogP contribution in [0.2, 0.25) is 0 Å². The maximum absolute atomic E-state index is 4.08. The summed E-state index contributed by atoms with van der Waals surface area (Å²) in [7, 11) is 0. The van der Waals surface area contributed by atoms with Gasteiger partial charge in [0.1, 0.15) is 0 Å². The highest BCUT2D eigenvalue weighted by Crippen LogP contribution is 2.11. The average molecular weight is 274 g/mol. The van der Waals surface area contributed by atoms with Crippen molar-refractivity contribution in [1.82, 2.24) is 20.1 Å². The maximum atomic E-state index is 4.08. The SMILES string of the molecule is c1cc(CN2CCN(C[C@H]3CCCCN3)CC2)ccn1. The molecule has 1 atom stereocenters. The summed E-state index contributed by atoms with van der Waals surface area (Å²) in [6.07, 6.45) is 7.90. The van der Waals surface area contributed by atoms with Gasteiger partial charge in [-0.05, 0) is 37.1 Å². The fraction of sp³-hybridized carbons (Fsp3) is 0.688. The molecule has 0 unspecified atom stereocenters. The summed E-state index contributed by atoms with van der Waals surface area (Å²) in [5.74, 6) is 0. The van der Waals surface area contributed by atoms with Crippen molar-refractivity contribution in [3.63, 3.8) is 0 Å². The van der Waals surface area contributed by atoms with E-state index in [2.05, 4.69) is 32.2 Å². The third-order valence-electron chi connectivity index (χ3n) is 4.51. The maximum Gasteiger partial charge on any atom is 0.0271 e. The Balaban J connectivity index is 1.40. The first-order chi connectivity index (χ1) is 9.90. The lowest BCUT2D eigenvalue weighted by Gasteiger charge is -2.37. The number of piperazine rings is 1. The lowest BCUT2D eigenvalue weighted by Crippen LogP contribution is -2.51. The molecule has 4 nitrogen and oxygen atoms in total. The van der Waals surface area contributed by atoms with E-state index in [0.717, 1.165) is 12.6 Å². The Kier molecular flexibility index (Phi) is 5.01. The molecule has 0 spiro atoms. The van der Waals surface area contributed by atoms with Gasteiger partial charge in [0.25, 0.3) is 0 Å². The lowest BCUT2D eigenvalue weighted by atomic mass is 10.0. The molecule has 0 aliphatic carbocycles. The summed E-state index contributed by atoms with van der Waals surface area (Å²) in [5.41, 5.74) is 1.38. The molecule has 0 bridgehead atoms. The Morgan fingerprint density at radius 3 is 2.50 bits per heavy atom. The first-order valence-corrected chi connectivity index (χ1v) is 7.97. The predicted molar refractivity (Wildman–Crippen MR) is 81.6 cm³/mol.